The number of benzene rings is 4. The molecule has 5 aromatic rings. The second-order valence-corrected chi connectivity index (χ2v) is 11.0. The van der Waals surface area contributed by atoms with Crippen LogP contribution in [0.5, 0.6) is 5.75 Å². The molecule has 6 heteroatoms. The number of ether oxygens (including phenoxy) is 1. The number of aliphatic carboxylic acids is 1. The summed E-state index contributed by atoms with van der Waals surface area (Å²) in [5.41, 5.74) is 6.88. The number of hydrogen-bond donors (Lipinski definition) is 1. The van der Waals surface area contributed by atoms with E-state index in [1.54, 1.807) is 23.1 Å². The van der Waals surface area contributed by atoms with Crippen LogP contribution in [-0.2, 0) is 23.4 Å². The Labute approximate surface area is 217 Å². The average molecular weight is 510 g/mol. The maximum absolute atomic E-state index is 11.0. The van der Waals surface area contributed by atoms with Crippen LogP contribution in [0.4, 0.5) is 0 Å². The Morgan fingerprint density at radius 2 is 1.72 bits per heavy atom. The molecular formula is C30H23NO3S2. The molecule has 0 amide bonds. The summed E-state index contributed by atoms with van der Waals surface area (Å²) in [5.74, 6) is 0.511. The maximum Gasteiger partial charge on any atom is 0.341 e. The predicted molar refractivity (Wildman–Crippen MR) is 147 cm³/mol. The Balaban J connectivity index is 1.25. The fourth-order valence-corrected chi connectivity index (χ4v) is 6.96. The monoisotopic (exact) mass is 509 g/mol. The Kier molecular flexibility index (Phi) is 6.21. The van der Waals surface area contributed by atoms with Gasteiger partial charge in [0.2, 0.25) is 0 Å². The minimum atomic E-state index is -0.972. The average Bonchev–Trinajstić information content (AvgIpc) is 3.34. The Morgan fingerprint density at radius 1 is 0.917 bits per heavy atom. The third kappa shape index (κ3) is 4.50. The van der Waals surface area contributed by atoms with Gasteiger partial charge in [-0.3, -0.25) is 0 Å². The summed E-state index contributed by atoms with van der Waals surface area (Å²) in [4.78, 5) is 17.2. The molecule has 4 nitrogen and oxygen atoms in total. The van der Waals surface area contributed by atoms with E-state index in [0.717, 1.165) is 39.8 Å². The molecule has 0 saturated carbocycles. The summed E-state index contributed by atoms with van der Waals surface area (Å²) < 4.78 is 6.60. The van der Waals surface area contributed by atoms with Gasteiger partial charge in [0.1, 0.15) is 5.75 Å². The number of carboxylic acids is 1. The van der Waals surface area contributed by atoms with Gasteiger partial charge in [0.05, 0.1) is 5.69 Å². The molecule has 0 fully saturated rings. The molecule has 1 aromatic heterocycles. The highest BCUT2D eigenvalue weighted by atomic mass is 32.2. The molecule has 0 radical (unpaired) electrons. The molecule has 6 rings (SSSR count). The summed E-state index contributed by atoms with van der Waals surface area (Å²) in [7, 11) is 0. The summed E-state index contributed by atoms with van der Waals surface area (Å²) in [5, 5.41) is 11.5. The van der Waals surface area contributed by atoms with Crippen molar-refractivity contribution in [2.24, 2.45) is 0 Å². The van der Waals surface area contributed by atoms with E-state index in [1.165, 1.54) is 32.3 Å². The van der Waals surface area contributed by atoms with Crippen molar-refractivity contribution in [3.8, 4) is 28.1 Å². The van der Waals surface area contributed by atoms with E-state index in [1.807, 2.05) is 12.1 Å². The highest BCUT2D eigenvalue weighted by Gasteiger charge is 2.24. The zero-order valence-electron chi connectivity index (χ0n) is 19.4. The molecule has 1 heterocycles. The fraction of sp³-hybridized carbons (Fsp3) is 0.133. The van der Waals surface area contributed by atoms with Crippen molar-refractivity contribution in [3.05, 3.63) is 101 Å². The van der Waals surface area contributed by atoms with Gasteiger partial charge in [-0.2, -0.15) is 0 Å². The maximum atomic E-state index is 11.0. The molecule has 178 valence electrons. The van der Waals surface area contributed by atoms with Gasteiger partial charge in [0.25, 0.3) is 0 Å². The first-order chi connectivity index (χ1) is 17.7. The first-order valence-electron chi connectivity index (χ1n) is 11.8. The molecule has 0 unspecified atom stereocenters. The Bertz CT molecular complexity index is 1590. The molecule has 36 heavy (non-hydrogen) atoms. The summed E-state index contributed by atoms with van der Waals surface area (Å²) in [6.45, 7) is -0.335. The van der Waals surface area contributed by atoms with Gasteiger partial charge in [-0.25, -0.2) is 9.78 Å². The molecule has 0 spiro atoms. The topological polar surface area (TPSA) is 59.4 Å². The second kappa shape index (κ2) is 9.80. The molecule has 0 atom stereocenters. The number of aryl methyl sites for hydroxylation is 1. The smallest absolute Gasteiger partial charge is 0.341 e. The number of rotatable bonds is 7. The lowest BCUT2D eigenvalue weighted by molar-refractivity contribution is -0.139. The fourth-order valence-electron chi connectivity index (χ4n) is 4.75. The van der Waals surface area contributed by atoms with Crippen molar-refractivity contribution in [2.45, 2.75) is 22.9 Å². The number of fused-ring (bicyclic) bond motifs is 4. The van der Waals surface area contributed by atoms with Gasteiger partial charge >= 0.3 is 5.97 Å². The predicted octanol–water partition coefficient (Wildman–Crippen LogP) is 7.48. The van der Waals surface area contributed by atoms with Gasteiger partial charge in [0, 0.05) is 21.8 Å². The summed E-state index contributed by atoms with van der Waals surface area (Å²) in [6, 6.07) is 29.5. The number of nitrogens with zero attached hydrogens (tertiary/aromatic N) is 1. The lowest BCUT2D eigenvalue weighted by Crippen LogP contribution is -2.12. The van der Waals surface area contributed by atoms with Crippen molar-refractivity contribution >= 4 is 39.8 Å². The summed E-state index contributed by atoms with van der Waals surface area (Å²) >= 11 is 3.53. The van der Waals surface area contributed by atoms with Gasteiger partial charge < -0.3 is 9.84 Å². The number of thioether (sulfide) groups is 1. The molecule has 0 saturated heterocycles. The van der Waals surface area contributed by atoms with Gasteiger partial charge in [-0.05, 0) is 52.4 Å². The van der Waals surface area contributed by atoms with Gasteiger partial charge in [-0.1, -0.05) is 84.6 Å². The van der Waals surface area contributed by atoms with Crippen LogP contribution >= 0.6 is 23.1 Å². The number of thiazole rings is 1. The third-order valence-electron chi connectivity index (χ3n) is 6.45. The molecule has 1 aliphatic rings. The van der Waals surface area contributed by atoms with Crippen molar-refractivity contribution in [3.63, 3.8) is 0 Å². The molecule has 1 N–H and O–H groups in total. The van der Waals surface area contributed by atoms with Crippen LogP contribution in [0.3, 0.4) is 0 Å². The largest absolute Gasteiger partial charge is 0.482 e. The molecule has 1 aliphatic carbocycles. The van der Waals surface area contributed by atoms with Gasteiger partial charge in [-0.15, -0.1) is 11.3 Å². The van der Waals surface area contributed by atoms with Crippen LogP contribution in [0, 0.1) is 0 Å². The van der Waals surface area contributed by atoms with E-state index < -0.39 is 5.97 Å². The van der Waals surface area contributed by atoms with Crippen LogP contribution in [0.1, 0.15) is 16.0 Å². The van der Waals surface area contributed by atoms with Crippen molar-refractivity contribution < 1.29 is 14.6 Å². The lowest BCUT2D eigenvalue weighted by atomic mass is 9.93. The van der Waals surface area contributed by atoms with E-state index in [9.17, 15) is 4.79 Å². The van der Waals surface area contributed by atoms with E-state index in [4.69, 9.17) is 14.8 Å². The molecule has 0 aliphatic heterocycles. The minimum absolute atomic E-state index is 0.335. The van der Waals surface area contributed by atoms with E-state index in [0.29, 0.717) is 5.75 Å². The van der Waals surface area contributed by atoms with Crippen LogP contribution in [0.15, 0.2) is 89.3 Å². The van der Waals surface area contributed by atoms with E-state index >= 15 is 0 Å². The third-order valence-corrected chi connectivity index (χ3v) is 8.75. The molecule has 4 aromatic carbocycles. The molecule has 0 bridgehead atoms. The first kappa shape index (κ1) is 22.8. The van der Waals surface area contributed by atoms with Crippen LogP contribution in [0.25, 0.3) is 33.2 Å². The zero-order valence-corrected chi connectivity index (χ0v) is 21.1. The van der Waals surface area contributed by atoms with E-state index in [-0.39, 0.29) is 6.61 Å². The normalized spacial score (nSPS) is 12.2. The Morgan fingerprint density at radius 3 is 2.61 bits per heavy atom. The van der Waals surface area contributed by atoms with Crippen molar-refractivity contribution in [2.75, 3.05) is 6.61 Å². The standard InChI is InChI=1S/C30H23NO3S2/c32-28(33)17-34-26-11-5-10-25-24(26)14-15-27-29(25)31-30(36-27)35-18-22-8-3-4-9-23(22)21-13-12-19-6-1-2-7-20(19)16-21/h1-13,16H,14-15,17-18H2,(H,32,33). The van der Waals surface area contributed by atoms with E-state index in [2.05, 4.69) is 72.8 Å². The molecular weight excluding hydrogens is 486 g/mol. The minimum Gasteiger partial charge on any atom is -0.482 e. The highest BCUT2D eigenvalue weighted by Crippen LogP contribution is 2.43. The SMILES string of the molecule is O=C(O)COc1cccc2c1CCc1sc(SCc3ccccc3-c3ccc4ccccc4c3)nc1-2. The second-order valence-electron chi connectivity index (χ2n) is 8.72. The van der Waals surface area contributed by atoms with Crippen molar-refractivity contribution in [1.82, 2.24) is 4.98 Å². The van der Waals surface area contributed by atoms with Crippen LogP contribution in [-0.4, -0.2) is 22.7 Å². The van der Waals surface area contributed by atoms with Crippen LogP contribution in [0.2, 0.25) is 0 Å². The van der Waals surface area contributed by atoms with Gasteiger partial charge in [0.15, 0.2) is 10.9 Å². The van der Waals surface area contributed by atoms with Crippen molar-refractivity contribution in [1.29, 1.82) is 0 Å². The summed E-state index contributed by atoms with van der Waals surface area (Å²) in [6.07, 6.45) is 1.72. The number of hydrogen-bond acceptors (Lipinski definition) is 5. The highest BCUT2D eigenvalue weighted by molar-refractivity contribution is 8.00. The van der Waals surface area contributed by atoms with Crippen LogP contribution < -0.4 is 4.74 Å². The number of carboxylic acid groups (broad SMARTS) is 1. The lowest BCUT2D eigenvalue weighted by Gasteiger charge is -2.18. The first-order valence-corrected chi connectivity index (χ1v) is 13.6. The zero-order chi connectivity index (χ0) is 24.5. The Hall–Kier alpha value is -3.61. The number of carbonyl (C=O) groups is 1. The number of aromatic nitrogens is 1. The quantitative estimate of drug-likeness (QED) is 0.230.